The summed E-state index contributed by atoms with van der Waals surface area (Å²) in [5.74, 6) is 0.605. The van der Waals surface area contributed by atoms with Gasteiger partial charge in [0.1, 0.15) is 6.45 Å². The fourth-order valence-corrected chi connectivity index (χ4v) is 5.36. The first-order valence-corrected chi connectivity index (χ1v) is 17.4. The maximum atomic E-state index is 12.9. The van der Waals surface area contributed by atoms with E-state index in [-0.39, 0.29) is 18.3 Å². The summed E-state index contributed by atoms with van der Waals surface area (Å²) >= 11 is 2.04. The molecular weight excluding hydrogens is 644 g/mol. The van der Waals surface area contributed by atoms with E-state index in [2.05, 4.69) is 51.0 Å². The molecule has 0 spiro atoms. The number of aromatic nitrogens is 3. The number of amides is 2. The van der Waals surface area contributed by atoms with Gasteiger partial charge in [0.05, 0.1) is 18.9 Å². The van der Waals surface area contributed by atoms with Crippen LogP contribution in [-0.4, -0.2) is 70.5 Å². The third-order valence-electron chi connectivity index (χ3n) is 6.96. The molecule has 2 aromatic heterocycles. The van der Waals surface area contributed by atoms with Gasteiger partial charge < -0.3 is 24.3 Å². The molecule has 1 fully saturated rings. The quantitative estimate of drug-likeness (QED) is 0.132. The van der Waals surface area contributed by atoms with Crippen LogP contribution in [0.4, 0.5) is 17.2 Å². The highest BCUT2D eigenvalue weighted by Crippen LogP contribution is 2.27. The molecule has 2 aliphatic heterocycles. The first-order chi connectivity index (χ1) is 19.6. The number of hydroxylamine groups is 1. The van der Waals surface area contributed by atoms with Crippen molar-refractivity contribution in [1.82, 2.24) is 24.7 Å². The second-order valence-corrected chi connectivity index (χ2v) is 11.3. The molecule has 1 atom stereocenters. The van der Waals surface area contributed by atoms with Crippen molar-refractivity contribution in [3.63, 3.8) is 0 Å². The first-order valence-electron chi connectivity index (χ1n) is 13.4. The third-order valence-corrected chi connectivity index (χ3v) is 7.80. The third kappa shape index (κ3) is 7.48. The van der Waals surface area contributed by atoms with E-state index in [0.717, 1.165) is 55.3 Å². The normalized spacial score (nSPS) is 16.0. The van der Waals surface area contributed by atoms with Crippen molar-refractivity contribution in [2.75, 3.05) is 49.6 Å². The van der Waals surface area contributed by atoms with E-state index >= 15 is 0 Å². The van der Waals surface area contributed by atoms with E-state index in [1.54, 1.807) is 6.20 Å². The second kappa shape index (κ2) is 14.2. The number of halogens is 1. The van der Waals surface area contributed by atoms with Gasteiger partial charge in [-0.25, -0.2) is 20.1 Å². The number of fused-ring (bicyclic) bond motifs is 1. The molecule has 1 unspecified atom stereocenters. The fourth-order valence-electron chi connectivity index (χ4n) is 4.87. The Morgan fingerprint density at radius 3 is 2.70 bits per heavy atom. The van der Waals surface area contributed by atoms with Crippen LogP contribution in [0.2, 0.25) is 0 Å². The molecule has 2 amide bonds. The predicted octanol–water partition coefficient (Wildman–Crippen LogP) is 4.48. The van der Waals surface area contributed by atoms with Gasteiger partial charge in [0, 0.05) is 69.0 Å². The van der Waals surface area contributed by atoms with Crippen LogP contribution in [0.1, 0.15) is 37.8 Å². The number of carbonyl (C=O) groups is 2. The number of nitrogens with one attached hydrogen (secondary N) is 2. The zero-order valence-corrected chi connectivity index (χ0v) is 25.3. The Balaban J connectivity index is 1.22. The highest BCUT2D eigenvalue weighted by molar-refractivity contribution is 14.2. The summed E-state index contributed by atoms with van der Waals surface area (Å²) in [5.41, 5.74) is 7.05. The molecule has 11 nitrogen and oxygen atoms in total. The van der Waals surface area contributed by atoms with Gasteiger partial charge in [-0.2, -0.15) is 0 Å². The molecule has 0 aliphatic carbocycles. The lowest BCUT2D eigenvalue weighted by Gasteiger charge is -2.29. The van der Waals surface area contributed by atoms with Crippen LogP contribution < -0.4 is 15.7 Å². The minimum atomic E-state index is -0.154. The van der Waals surface area contributed by atoms with Gasteiger partial charge in [0.25, 0.3) is 0 Å². The molecule has 5 rings (SSSR count). The number of carbonyl (C=O) groups excluding carboxylic acids is 2. The average Bonchev–Trinajstić information content (AvgIpc) is 3.48. The number of benzene rings is 1. The smallest absolute Gasteiger partial charge is 0.243 e. The monoisotopic (exact) mass is 677 g/mol. The van der Waals surface area contributed by atoms with Crippen LogP contribution >= 0.6 is 28.5 Å². The topological polar surface area (TPSA) is 113 Å². The van der Waals surface area contributed by atoms with Crippen LogP contribution in [0.5, 0.6) is 0 Å². The summed E-state index contributed by atoms with van der Waals surface area (Å²) in [6.07, 6.45) is 10.6. The van der Waals surface area contributed by atoms with Crippen molar-refractivity contribution in [2.24, 2.45) is 0 Å². The molecule has 212 valence electrons. The Labute approximate surface area is 248 Å². The number of hydrogen-bond acceptors (Lipinski definition) is 8. The molecule has 0 saturated carbocycles. The summed E-state index contributed by atoms with van der Waals surface area (Å²) in [6, 6.07) is 8.33. The van der Waals surface area contributed by atoms with E-state index in [1.165, 1.54) is 5.69 Å². The SMILES string of the molecule is O=C(CCCCC(=O)N1CCC=C(c2cn3ccnc3c(Nc3ccc(N4CCOCC4)cc3)n2)C1)NOPI. The number of anilines is 3. The lowest BCUT2D eigenvalue weighted by molar-refractivity contribution is -0.131. The van der Waals surface area contributed by atoms with Crippen molar-refractivity contribution < 1.29 is 19.0 Å². The second-order valence-electron chi connectivity index (χ2n) is 9.65. The van der Waals surface area contributed by atoms with Crippen LogP contribution in [0.15, 0.2) is 48.9 Å². The summed E-state index contributed by atoms with van der Waals surface area (Å²) in [4.78, 5) is 38.2. The van der Waals surface area contributed by atoms with E-state index in [4.69, 9.17) is 14.3 Å². The standard InChI is InChI=1S/C27H33IN7O4P/c28-40-39-32-24(36)5-1-2-6-25(37)34-12-3-4-20(18-34)23-19-35-13-11-29-27(35)26(31-23)30-21-7-9-22(10-8-21)33-14-16-38-17-15-33/h4,7-11,13,19,40H,1-3,5-6,12,14-18H2,(H,30,31)(H,32,36). The summed E-state index contributed by atoms with van der Waals surface area (Å²) in [7, 11) is 0. The van der Waals surface area contributed by atoms with Crippen molar-refractivity contribution >= 4 is 68.7 Å². The minimum absolute atomic E-state index is 0.0958. The number of hydrogen-bond donors (Lipinski definition) is 2. The maximum absolute atomic E-state index is 12.9. The van der Waals surface area contributed by atoms with Gasteiger partial charge >= 0.3 is 0 Å². The van der Waals surface area contributed by atoms with Gasteiger partial charge in [-0.05, 0) is 71.1 Å². The number of nitrogens with zero attached hydrogens (tertiary/aromatic N) is 5. The minimum Gasteiger partial charge on any atom is -0.378 e. The van der Waals surface area contributed by atoms with Gasteiger partial charge in [0.15, 0.2) is 11.5 Å². The molecule has 40 heavy (non-hydrogen) atoms. The van der Waals surface area contributed by atoms with E-state index in [9.17, 15) is 9.59 Å². The van der Waals surface area contributed by atoms with Crippen molar-refractivity contribution in [1.29, 1.82) is 0 Å². The van der Waals surface area contributed by atoms with Crippen LogP contribution in [0, 0.1) is 0 Å². The predicted molar refractivity (Wildman–Crippen MR) is 165 cm³/mol. The van der Waals surface area contributed by atoms with Crippen molar-refractivity contribution in [2.45, 2.75) is 32.1 Å². The Hall–Kier alpha value is -2.80. The largest absolute Gasteiger partial charge is 0.378 e. The summed E-state index contributed by atoms with van der Waals surface area (Å²) in [6.45, 7) is 4.66. The maximum Gasteiger partial charge on any atom is 0.243 e. The lowest BCUT2D eigenvalue weighted by Crippen LogP contribution is -2.36. The van der Waals surface area contributed by atoms with E-state index < -0.39 is 0 Å². The Morgan fingerprint density at radius 2 is 1.90 bits per heavy atom. The molecule has 1 aromatic carbocycles. The lowest BCUT2D eigenvalue weighted by atomic mass is 10.1. The Kier molecular flexibility index (Phi) is 10.2. The molecule has 4 heterocycles. The van der Waals surface area contributed by atoms with Crippen LogP contribution in [0.25, 0.3) is 11.2 Å². The molecule has 0 bridgehead atoms. The zero-order chi connectivity index (χ0) is 27.7. The number of imidazole rings is 1. The molecule has 13 heteroatoms. The number of rotatable bonds is 11. The fraction of sp³-hybridized carbons (Fsp3) is 0.407. The molecule has 2 N–H and O–H groups in total. The molecule has 3 aromatic rings. The average molecular weight is 677 g/mol. The molecule has 1 saturated heterocycles. The summed E-state index contributed by atoms with van der Waals surface area (Å²) < 4.78 is 12.3. The van der Waals surface area contributed by atoms with Crippen LogP contribution in [-0.2, 0) is 19.0 Å². The zero-order valence-electron chi connectivity index (χ0n) is 22.1. The van der Waals surface area contributed by atoms with Crippen molar-refractivity contribution in [3.8, 4) is 0 Å². The number of unbranched alkanes of at least 4 members (excludes halogenated alkanes) is 1. The highest BCUT2D eigenvalue weighted by Gasteiger charge is 2.21. The first kappa shape index (κ1) is 28.7. The molecular formula is C27H33IN7O4P. The van der Waals surface area contributed by atoms with Gasteiger partial charge in [-0.15, -0.1) is 0 Å². The Morgan fingerprint density at radius 1 is 1.10 bits per heavy atom. The Bertz CT molecular complexity index is 1340. The van der Waals surface area contributed by atoms with Crippen LogP contribution in [0.3, 0.4) is 0 Å². The number of ether oxygens (including phenoxy) is 1. The van der Waals surface area contributed by atoms with Crippen molar-refractivity contribution in [3.05, 3.63) is 54.6 Å². The molecule has 0 radical (unpaired) electrons. The highest BCUT2D eigenvalue weighted by atomic mass is 127. The summed E-state index contributed by atoms with van der Waals surface area (Å²) in [5, 5.41) is 3.45. The number of morpholine rings is 1. The molecule has 2 aliphatic rings. The van der Waals surface area contributed by atoms with E-state index in [1.807, 2.05) is 43.7 Å². The van der Waals surface area contributed by atoms with E-state index in [0.29, 0.717) is 44.6 Å². The van der Waals surface area contributed by atoms with Gasteiger partial charge in [-0.3, -0.25) is 9.59 Å². The van der Waals surface area contributed by atoms with Gasteiger partial charge in [-0.1, -0.05) is 6.08 Å². The van der Waals surface area contributed by atoms with Gasteiger partial charge in [0.2, 0.25) is 11.8 Å².